The highest BCUT2D eigenvalue weighted by Crippen LogP contribution is 2.23. The van der Waals surface area contributed by atoms with Crippen molar-refractivity contribution in [2.75, 3.05) is 11.0 Å². The van der Waals surface area contributed by atoms with E-state index in [9.17, 15) is 13.2 Å². The average molecular weight is 375 g/mol. The highest BCUT2D eigenvalue weighted by atomic mass is 32.2. The van der Waals surface area contributed by atoms with Crippen LogP contribution < -0.4 is 10.0 Å². The molecule has 2 aromatic carbocycles. The van der Waals surface area contributed by atoms with Crippen molar-refractivity contribution in [2.24, 2.45) is 5.92 Å². The van der Waals surface area contributed by atoms with Gasteiger partial charge in [-0.2, -0.15) is 0 Å². The average Bonchev–Trinajstić information content (AvgIpc) is 2.55. The first-order valence-electron chi connectivity index (χ1n) is 8.60. The number of carbonyl (C=O) groups is 1. The molecule has 140 valence electrons. The summed E-state index contributed by atoms with van der Waals surface area (Å²) in [6.07, 6.45) is 1.91. The molecule has 6 heteroatoms. The summed E-state index contributed by atoms with van der Waals surface area (Å²) in [4.78, 5) is 12.8. The summed E-state index contributed by atoms with van der Waals surface area (Å²) < 4.78 is 25.5. The Kier molecular flexibility index (Phi) is 6.42. The fraction of sp³-hybridized carbons (Fsp3) is 0.350. The number of nitrogens with one attached hydrogen (secondary N) is 2. The van der Waals surface area contributed by atoms with Crippen LogP contribution in [0.25, 0.3) is 0 Å². The van der Waals surface area contributed by atoms with Crippen LogP contribution in [0.5, 0.6) is 0 Å². The molecule has 1 atom stereocenters. The predicted molar refractivity (Wildman–Crippen MR) is 106 cm³/mol. The lowest BCUT2D eigenvalue weighted by Crippen LogP contribution is -2.29. The van der Waals surface area contributed by atoms with Crippen LogP contribution in [-0.2, 0) is 10.0 Å². The van der Waals surface area contributed by atoms with Crippen LogP contribution in [0.1, 0.15) is 47.8 Å². The van der Waals surface area contributed by atoms with Gasteiger partial charge in [0, 0.05) is 5.56 Å². The van der Waals surface area contributed by atoms with E-state index in [0.29, 0.717) is 17.2 Å². The summed E-state index contributed by atoms with van der Waals surface area (Å²) in [5.41, 5.74) is 2.65. The third-order valence-electron chi connectivity index (χ3n) is 4.01. The molecule has 0 heterocycles. The number of hydrogen-bond donors (Lipinski definition) is 2. The van der Waals surface area contributed by atoms with Crippen LogP contribution in [0.4, 0.5) is 5.69 Å². The molecule has 0 spiro atoms. The number of sulfonamides is 1. The van der Waals surface area contributed by atoms with Crippen molar-refractivity contribution < 1.29 is 13.2 Å². The molecule has 0 saturated carbocycles. The number of amides is 1. The molecule has 0 bridgehead atoms. The smallest absolute Gasteiger partial charge is 0.251 e. The minimum Gasteiger partial charge on any atom is -0.345 e. The van der Waals surface area contributed by atoms with Gasteiger partial charge in [0.1, 0.15) is 0 Å². The van der Waals surface area contributed by atoms with E-state index in [-0.39, 0.29) is 11.9 Å². The Bertz CT molecular complexity index is 862. The molecule has 0 radical (unpaired) electrons. The third kappa shape index (κ3) is 5.88. The topological polar surface area (TPSA) is 75.3 Å². The van der Waals surface area contributed by atoms with Gasteiger partial charge in [0.05, 0.1) is 18.0 Å². The number of benzene rings is 2. The lowest BCUT2D eigenvalue weighted by molar-refractivity contribution is 0.0932. The van der Waals surface area contributed by atoms with E-state index >= 15 is 0 Å². The lowest BCUT2D eigenvalue weighted by atomic mass is 9.96. The molecule has 0 unspecified atom stereocenters. The van der Waals surface area contributed by atoms with Gasteiger partial charge in [0.15, 0.2) is 0 Å². The number of aryl methyl sites for hydroxylation is 1. The first kappa shape index (κ1) is 20.0. The van der Waals surface area contributed by atoms with Gasteiger partial charge in [-0.1, -0.05) is 50.2 Å². The van der Waals surface area contributed by atoms with Crippen molar-refractivity contribution in [2.45, 2.75) is 33.2 Å². The Morgan fingerprint density at radius 1 is 1.08 bits per heavy atom. The van der Waals surface area contributed by atoms with E-state index in [1.54, 1.807) is 25.1 Å². The molecule has 2 N–H and O–H groups in total. The van der Waals surface area contributed by atoms with Crippen LogP contribution in [0.15, 0.2) is 48.5 Å². The summed E-state index contributed by atoms with van der Waals surface area (Å²) >= 11 is 0. The second-order valence-corrected chi connectivity index (χ2v) is 8.72. The van der Waals surface area contributed by atoms with Crippen LogP contribution in [-0.4, -0.2) is 20.6 Å². The number of hydrogen-bond acceptors (Lipinski definition) is 3. The maximum atomic E-state index is 12.8. The first-order chi connectivity index (χ1) is 12.2. The molecule has 2 rings (SSSR count). The Balaban J connectivity index is 2.25. The van der Waals surface area contributed by atoms with Crippen LogP contribution in [0, 0.1) is 12.8 Å². The van der Waals surface area contributed by atoms with Crippen LogP contribution in [0.3, 0.4) is 0 Å². The molecule has 0 saturated heterocycles. The molecule has 26 heavy (non-hydrogen) atoms. The first-order valence-corrected chi connectivity index (χ1v) is 10.5. The molecular weight excluding hydrogens is 348 g/mol. The largest absolute Gasteiger partial charge is 0.345 e. The van der Waals surface area contributed by atoms with Crippen LogP contribution in [0.2, 0.25) is 0 Å². The van der Waals surface area contributed by atoms with Gasteiger partial charge in [-0.05, 0) is 42.5 Å². The van der Waals surface area contributed by atoms with E-state index in [1.807, 2.05) is 30.3 Å². The van der Waals surface area contributed by atoms with E-state index in [2.05, 4.69) is 23.9 Å². The molecule has 0 aliphatic rings. The van der Waals surface area contributed by atoms with E-state index in [4.69, 9.17) is 0 Å². The zero-order valence-corrected chi connectivity index (χ0v) is 16.4. The van der Waals surface area contributed by atoms with Crippen LogP contribution >= 0.6 is 0 Å². The number of anilines is 1. The second-order valence-electron chi connectivity index (χ2n) is 6.97. The van der Waals surface area contributed by atoms with E-state index in [0.717, 1.165) is 23.8 Å². The normalized spacial score (nSPS) is 12.7. The number of rotatable bonds is 7. The fourth-order valence-electron chi connectivity index (χ4n) is 2.75. The monoisotopic (exact) mass is 374 g/mol. The predicted octanol–water partition coefficient (Wildman–Crippen LogP) is 3.88. The maximum Gasteiger partial charge on any atom is 0.251 e. The summed E-state index contributed by atoms with van der Waals surface area (Å²) in [6, 6.07) is 14.8. The van der Waals surface area contributed by atoms with Gasteiger partial charge in [0.25, 0.3) is 5.91 Å². The van der Waals surface area contributed by atoms with Gasteiger partial charge in [-0.3, -0.25) is 9.52 Å². The minimum atomic E-state index is -3.41. The molecule has 2 aromatic rings. The minimum absolute atomic E-state index is 0.101. The van der Waals surface area contributed by atoms with Gasteiger partial charge < -0.3 is 5.32 Å². The summed E-state index contributed by atoms with van der Waals surface area (Å²) in [6.45, 7) is 6.02. The maximum absolute atomic E-state index is 12.8. The molecule has 0 aromatic heterocycles. The highest BCUT2D eigenvalue weighted by molar-refractivity contribution is 7.92. The molecule has 1 amide bonds. The zero-order valence-electron chi connectivity index (χ0n) is 15.6. The summed E-state index contributed by atoms with van der Waals surface area (Å²) in [5, 5.41) is 3.07. The molecule has 0 aliphatic heterocycles. The van der Waals surface area contributed by atoms with Crippen molar-refractivity contribution >= 4 is 21.6 Å². The second kappa shape index (κ2) is 8.36. The Hall–Kier alpha value is -2.34. The zero-order chi connectivity index (χ0) is 19.3. The summed E-state index contributed by atoms with van der Waals surface area (Å²) in [7, 11) is -3.41. The van der Waals surface area contributed by atoms with Gasteiger partial charge in [-0.15, -0.1) is 0 Å². The van der Waals surface area contributed by atoms with Gasteiger partial charge in [-0.25, -0.2) is 8.42 Å². The van der Waals surface area contributed by atoms with E-state index < -0.39 is 10.0 Å². The highest BCUT2D eigenvalue weighted by Gasteiger charge is 2.18. The SMILES string of the molecule is Cc1ccc(C(=O)N[C@H](CC(C)C)c2ccccc2)cc1NS(C)(=O)=O. The summed E-state index contributed by atoms with van der Waals surface area (Å²) in [5.74, 6) is 0.192. The van der Waals surface area contributed by atoms with Crippen molar-refractivity contribution in [1.82, 2.24) is 5.32 Å². The van der Waals surface area contributed by atoms with Gasteiger partial charge in [0.2, 0.25) is 10.0 Å². The molecule has 5 nitrogen and oxygen atoms in total. The molecular formula is C20H26N2O3S. The van der Waals surface area contributed by atoms with Crippen molar-refractivity contribution in [3.63, 3.8) is 0 Å². The standard InChI is InChI=1S/C20H26N2O3S/c1-14(2)12-19(16-8-6-5-7-9-16)21-20(23)17-11-10-15(3)18(13-17)22-26(4,24)25/h5-11,13-14,19,22H,12H2,1-4H3,(H,21,23)/t19-/m1/s1. The molecule has 0 aliphatic carbocycles. The Morgan fingerprint density at radius 2 is 1.73 bits per heavy atom. The fourth-order valence-corrected chi connectivity index (χ4v) is 3.37. The van der Waals surface area contributed by atoms with E-state index in [1.165, 1.54) is 0 Å². The van der Waals surface area contributed by atoms with Crippen molar-refractivity contribution in [1.29, 1.82) is 0 Å². The Morgan fingerprint density at radius 3 is 2.31 bits per heavy atom. The van der Waals surface area contributed by atoms with Crippen molar-refractivity contribution in [3.8, 4) is 0 Å². The number of carbonyl (C=O) groups excluding carboxylic acids is 1. The third-order valence-corrected chi connectivity index (χ3v) is 4.60. The lowest BCUT2D eigenvalue weighted by Gasteiger charge is -2.21. The quantitative estimate of drug-likeness (QED) is 0.772. The molecule has 0 fully saturated rings. The van der Waals surface area contributed by atoms with Crippen molar-refractivity contribution in [3.05, 3.63) is 65.2 Å². The Labute approximate surface area is 155 Å². The van der Waals surface area contributed by atoms with Gasteiger partial charge >= 0.3 is 0 Å².